The monoisotopic (exact) mass is 278 g/mol. The molecule has 1 aromatic carbocycles. The Bertz CT molecular complexity index is 582. The lowest BCUT2D eigenvalue weighted by atomic mass is 10.3. The number of nitrogens with one attached hydrogen (secondary N) is 1. The summed E-state index contributed by atoms with van der Waals surface area (Å²) in [7, 11) is 1.89. The lowest BCUT2D eigenvalue weighted by Crippen LogP contribution is -2.30. The minimum Gasteiger partial charge on any atom is -0.373 e. The fourth-order valence-electron chi connectivity index (χ4n) is 1.66. The number of rotatable bonds is 5. The number of carbonyl (C=O) groups is 1. The summed E-state index contributed by atoms with van der Waals surface area (Å²) >= 11 is 0. The van der Waals surface area contributed by atoms with Gasteiger partial charge in [0.15, 0.2) is 5.69 Å². The molecule has 0 aliphatic carbocycles. The third-order valence-electron chi connectivity index (χ3n) is 2.83. The number of hydrogen-bond donors (Lipinski definition) is 2. The number of likely N-dealkylation sites (N-methyl/N-ethyl adjacent to an activating group) is 1. The van der Waals surface area contributed by atoms with Crippen LogP contribution in [0.5, 0.6) is 0 Å². The number of carbonyl (C=O) groups excluding carboxylic acids is 1. The smallest absolute Gasteiger partial charge is 0.287 e. The molecule has 0 aliphatic rings. The van der Waals surface area contributed by atoms with Crippen molar-refractivity contribution in [3.8, 4) is 0 Å². The summed E-state index contributed by atoms with van der Waals surface area (Å²) in [6.45, 7) is 1.18. The molecule has 8 heteroatoms. The normalized spacial score (nSPS) is 10.3. The van der Waals surface area contributed by atoms with Crippen molar-refractivity contribution in [1.29, 1.82) is 0 Å². The van der Waals surface area contributed by atoms with Crippen LogP contribution in [0.3, 0.4) is 0 Å². The summed E-state index contributed by atoms with van der Waals surface area (Å²) in [5.41, 5.74) is 3.05. The van der Waals surface area contributed by atoms with Gasteiger partial charge in [0.1, 0.15) is 5.82 Å². The van der Waals surface area contributed by atoms with Crippen molar-refractivity contribution in [1.82, 2.24) is 20.4 Å². The van der Waals surface area contributed by atoms with Crippen LogP contribution in [0.25, 0.3) is 0 Å². The van der Waals surface area contributed by atoms with E-state index in [0.29, 0.717) is 13.1 Å². The molecule has 2 aromatic rings. The summed E-state index contributed by atoms with van der Waals surface area (Å²) < 4.78 is 14.4. The number of aromatic nitrogens is 3. The Morgan fingerprint density at radius 2 is 2.15 bits per heavy atom. The van der Waals surface area contributed by atoms with E-state index in [1.807, 2.05) is 17.4 Å². The number of nitrogens with two attached hydrogens (primary N) is 1. The Morgan fingerprint density at radius 1 is 1.45 bits per heavy atom. The molecule has 0 spiro atoms. The number of benzene rings is 1. The maximum absolute atomic E-state index is 12.8. The van der Waals surface area contributed by atoms with Crippen molar-refractivity contribution in [2.45, 2.75) is 6.54 Å². The first-order valence-corrected chi connectivity index (χ1v) is 5.98. The summed E-state index contributed by atoms with van der Waals surface area (Å²) in [5, 5.41) is 7.53. The van der Waals surface area contributed by atoms with Gasteiger partial charge < -0.3 is 4.90 Å². The zero-order chi connectivity index (χ0) is 14.5. The van der Waals surface area contributed by atoms with E-state index in [0.717, 1.165) is 5.69 Å². The molecule has 0 aliphatic heterocycles. The molecule has 0 saturated carbocycles. The van der Waals surface area contributed by atoms with Gasteiger partial charge in [0.05, 0.1) is 12.7 Å². The Kier molecular flexibility index (Phi) is 4.26. The first-order chi connectivity index (χ1) is 9.60. The first kappa shape index (κ1) is 13.9. The second kappa shape index (κ2) is 6.11. The van der Waals surface area contributed by atoms with Gasteiger partial charge in [0, 0.05) is 19.3 Å². The van der Waals surface area contributed by atoms with Crippen molar-refractivity contribution in [3.63, 3.8) is 0 Å². The van der Waals surface area contributed by atoms with Crippen LogP contribution in [-0.4, -0.2) is 34.5 Å². The van der Waals surface area contributed by atoms with Crippen LogP contribution in [0.4, 0.5) is 10.1 Å². The average molecular weight is 278 g/mol. The van der Waals surface area contributed by atoms with Crippen molar-refractivity contribution >= 4 is 11.6 Å². The molecular weight excluding hydrogens is 263 g/mol. The highest BCUT2D eigenvalue weighted by atomic mass is 19.1. The zero-order valence-corrected chi connectivity index (χ0v) is 11.0. The van der Waals surface area contributed by atoms with E-state index >= 15 is 0 Å². The number of hydrogen-bond acceptors (Lipinski definition) is 5. The third-order valence-corrected chi connectivity index (χ3v) is 2.83. The molecule has 20 heavy (non-hydrogen) atoms. The van der Waals surface area contributed by atoms with Gasteiger partial charge in [-0.15, -0.1) is 5.10 Å². The maximum atomic E-state index is 12.8. The molecule has 0 unspecified atom stereocenters. The van der Waals surface area contributed by atoms with Gasteiger partial charge in [-0.25, -0.2) is 14.9 Å². The quantitative estimate of drug-likeness (QED) is 0.462. The van der Waals surface area contributed by atoms with Crippen molar-refractivity contribution in [2.24, 2.45) is 5.84 Å². The zero-order valence-electron chi connectivity index (χ0n) is 11.0. The maximum Gasteiger partial charge on any atom is 0.287 e. The number of amides is 1. The van der Waals surface area contributed by atoms with Gasteiger partial charge in [-0.2, -0.15) is 0 Å². The molecule has 0 radical (unpaired) electrons. The number of anilines is 1. The highest BCUT2D eigenvalue weighted by molar-refractivity contribution is 5.91. The SMILES string of the molecule is CN(CCn1cc(C(=O)NN)nn1)c1ccc(F)cc1. The predicted molar refractivity (Wildman–Crippen MR) is 71.3 cm³/mol. The topological polar surface area (TPSA) is 89.1 Å². The minimum absolute atomic E-state index is 0.164. The second-order valence-corrected chi connectivity index (χ2v) is 4.24. The first-order valence-electron chi connectivity index (χ1n) is 5.98. The van der Waals surface area contributed by atoms with E-state index in [4.69, 9.17) is 5.84 Å². The molecule has 106 valence electrons. The highest BCUT2D eigenvalue weighted by Gasteiger charge is 2.09. The van der Waals surface area contributed by atoms with Crippen LogP contribution < -0.4 is 16.2 Å². The van der Waals surface area contributed by atoms with Crippen molar-refractivity contribution < 1.29 is 9.18 Å². The predicted octanol–water partition coefficient (Wildman–Crippen LogP) is 0.157. The van der Waals surface area contributed by atoms with Gasteiger partial charge in [0.2, 0.25) is 0 Å². The van der Waals surface area contributed by atoms with Crippen LogP contribution >= 0.6 is 0 Å². The van der Waals surface area contributed by atoms with Gasteiger partial charge in [-0.3, -0.25) is 10.2 Å². The lowest BCUT2D eigenvalue weighted by molar-refractivity contribution is 0.0948. The summed E-state index contributed by atoms with van der Waals surface area (Å²) in [4.78, 5) is 13.2. The van der Waals surface area contributed by atoms with Crippen LogP contribution in [-0.2, 0) is 6.54 Å². The van der Waals surface area contributed by atoms with E-state index in [2.05, 4.69) is 10.3 Å². The van der Waals surface area contributed by atoms with Gasteiger partial charge >= 0.3 is 0 Å². The van der Waals surface area contributed by atoms with Crippen LogP contribution in [0.1, 0.15) is 10.5 Å². The second-order valence-electron chi connectivity index (χ2n) is 4.24. The Labute approximate surface area is 115 Å². The summed E-state index contributed by atoms with van der Waals surface area (Å²) in [6.07, 6.45) is 1.51. The Balaban J connectivity index is 1.93. The molecule has 1 amide bonds. The fraction of sp³-hybridized carbons (Fsp3) is 0.250. The lowest BCUT2D eigenvalue weighted by Gasteiger charge is -2.18. The molecule has 0 atom stereocenters. The summed E-state index contributed by atoms with van der Waals surface area (Å²) in [5.74, 6) is 4.26. The molecule has 0 saturated heterocycles. The average Bonchev–Trinajstić information content (AvgIpc) is 2.93. The van der Waals surface area contributed by atoms with E-state index in [1.165, 1.54) is 18.3 Å². The molecule has 2 rings (SSSR count). The van der Waals surface area contributed by atoms with E-state index in [1.54, 1.807) is 16.8 Å². The number of nitrogen functional groups attached to an aromatic ring is 1. The van der Waals surface area contributed by atoms with Crippen LogP contribution in [0.2, 0.25) is 0 Å². The number of hydrazine groups is 1. The van der Waals surface area contributed by atoms with Gasteiger partial charge in [-0.1, -0.05) is 5.21 Å². The van der Waals surface area contributed by atoms with E-state index < -0.39 is 5.91 Å². The van der Waals surface area contributed by atoms with E-state index in [-0.39, 0.29) is 11.5 Å². The third kappa shape index (κ3) is 3.29. The number of nitrogens with zero attached hydrogens (tertiary/aromatic N) is 4. The van der Waals surface area contributed by atoms with E-state index in [9.17, 15) is 9.18 Å². The number of halogens is 1. The molecule has 1 aromatic heterocycles. The van der Waals surface area contributed by atoms with Gasteiger partial charge in [-0.05, 0) is 24.3 Å². The van der Waals surface area contributed by atoms with Crippen molar-refractivity contribution in [3.05, 3.63) is 42.0 Å². The molecular formula is C12H15FN6O. The van der Waals surface area contributed by atoms with Gasteiger partial charge in [0.25, 0.3) is 5.91 Å². The van der Waals surface area contributed by atoms with Crippen LogP contribution in [0.15, 0.2) is 30.5 Å². The Hall–Kier alpha value is -2.48. The fourth-order valence-corrected chi connectivity index (χ4v) is 1.66. The highest BCUT2D eigenvalue weighted by Crippen LogP contribution is 2.12. The van der Waals surface area contributed by atoms with Crippen molar-refractivity contribution in [2.75, 3.05) is 18.5 Å². The molecule has 1 heterocycles. The standard InChI is InChI=1S/C12H15FN6O/c1-18(10-4-2-9(13)3-5-10)6-7-19-8-11(16-17-19)12(20)15-14/h2-5,8H,6-7,14H2,1H3,(H,15,20). The molecule has 0 fully saturated rings. The van der Waals surface area contributed by atoms with Crippen LogP contribution in [0, 0.1) is 5.82 Å². The Morgan fingerprint density at radius 3 is 2.80 bits per heavy atom. The minimum atomic E-state index is -0.483. The molecule has 0 bridgehead atoms. The largest absolute Gasteiger partial charge is 0.373 e. The summed E-state index contributed by atoms with van der Waals surface area (Å²) in [6, 6.07) is 6.21. The molecule has 3 N–H and O–H groups in total. The molecule has 7 nitrogen and oxygen atoms in total.